The Morgan fingerprint density at radius 1 is 1.30 bits per heavy atom. The van der Waals surface area contributed by atoms with E-state index in [2.05, 4.69) is 43.9 Å². The zero-order valence-corrected chi connectivity index (χ0v) is 12.8. The van der Waals surface area contributed by atoms with Crippen molar-refractivity contribution >= 4 is 10.9 Å². The Bertz CT molecular complexity index is 618. The molecule has 2 aromatic rings. The number of likely N-dealkylation sites (N-methyl/N-ethyl adjacent to an activating group) is 1. The third-order valence-corrected chi connectivity index (χ3v) is 4.63. The average molecular weight is 268 g/mol. The molecule has 0 saturated carbocycles. The van der Waals surface area contributed by atoms with E-state index in [0.29, 0.717) is 5.92 Å². The van der Waals surface area contributed by atoms with Crippen molar-refractivity contribution in [2.24, 2.45) is 0 Å². The summed E-state index contributed by atoms with van der Waals surface area (Å²) >= 11 is 0. The number of nitrogens with zero attached hydrogens (tertiary/aromatic N) is 2. The summed E-state index contributed by atoms with van der Waals surface area (Å²) in [6, 6.07) is 6.86. The Kier molecular flexibility index (Phi) is 3.75. The maximum atomic E-state index is 4.75. The van der Waals surface area contributed by atoms with Crippen molar-refractivity contribution in [2.45, 2.75) is 39.5 Å². The zero-order valence-electron chi connectivity index (χ0n) is 12.8. The Labute approximate surface area is 121 Å². The van der Waals surface area contributed by atoms with Crippen LogP contribution in [0.1, 0.15) is 42.4 Å². The molecule has 1 aliphatic rings. The summed E-state index contributed by atoms with van der Waals surface area (Å²) in [4.78, 5) is 7.31. The number of aromatic nitrogens is 1. The lowest BCUT2D eigenvalue weighted by molar-refractivity contribution is 0.218. The first-order chi connectivity index (χ1) is 9.69. The van der Waals surface area contributed by atoms with Gasteiger partial charge in [-0.05, 0) is 68.5 Å². The van der Waals surface area contributed by atoms with Gasteiger partial charge in [0.1, 0.15) is 0 Å². The van der Waals surface area contributed by atoms with Crippen LogP contribution in [0.25, 0.3) is 10.9 Å². The first-order valence-corrected chi connectivity index (χ1v) is 7.77. The standard InChI is InChI=1S/C18H24N2/c1-4-20-9-5-6-15(12-20)16-8-7-14(3)17-10-13(2)11-19-18(16)17/h7-8,10-11,15H,4-6,9,12H2,1-3H3. The number of pyridine rings is 1. The first-order valence-electron chi connectivity index (χ1n) is 7.77. The lowest BCUT2D eigenvalue weighted by atomic mass is 9.88. The topological polar surface area (TPSA) is 16.1 Å². The second-order valence-corrected chi connectivity index (χ2v) is 6.11. The second-order valence-electron chi connectivity index (χ2n) is 6.11. The summed E-state index contributed by atoms with van der Waals surface area (Å²) < 4.78 is 0. The Balaban J connectivity index is 2.05. The van der Waals surface area contributed by atoms with E-state index in [-0.39, 0.29) is 0 Å². The lowest BCUT2D eigenvalue weighted by Crippen LogP contribution is -2.34. The SMILES string of the molecule is CCN1CCCC(c2ccc(C)c3cc(C)cnc23)C1. The molecular formula is C18H24N2. The molecule has 0 N–H and O–H groups in total. The van der Waals surface area contributed by atoms with Gasteiger partial charge in [0.05, 0.1) is 5.52 Å². The summed E-state index contributed by atoms with van der Waals surface area (Å²) in [5.74, 6) is 0.641. The van der Waals surface area contributed by atoms with E-state index >= 15 is 0 Å². The van der Waals surface area contributed by atoms with Crippen LogP contribution in [-0.2, 0) is 0 Å². The van der Waals surface area contributed by atoms with Gasteiger partial charge in [0.2, 0.25) is 0 Å². The fourth-order valence-corrected chi connectivity index (χ4v) is 3.41. The molecule has 1 atom stereocenters. The summed E-state index contributed by atoms with van der Waals surface area (Å²) in [5.41, 5.74) is 5.25. The maximum Gasteiger partial charge on any atom is 0.0740 e. The molecule has 2 heterocycles. The molecule has 0 bridgehead atoms. The quantitative estimate of drug-likeness (QED) is 0.817. The number of hydrogen-bond acceptors (Lipinski definition) is 2. The van der Waals surface area contributed by atoms with Gasteiger partial charge in [-0.15, -0.1) is 0 Å². The van der Waals surface area contributed by atoms with Crippen LogP contribution in [0.3, 0.4) is 0 Å². The number of aryl methyl sites for hydroxylation is 2. The van der Waals surface area contributed by atoms with E-state index in [0.717, 1.165) is 6.54 Å². The van der Waals surface area contributed by atoms with Crippen LogP contribution in [0.4, 0.5) is 0 Å². The minimum Gasteiger partial charge on any atom is -0.303 e. The highest BCUT2D eigenvalue weighted by atomic mass is 15.1. The van der Waals surface area contributed by atoms with Crippen molar-refractivity contribution in [3.05, 3.63) is 41.1 Å². The van der Waals surface area contributed by atoms with Crippen LogP contribution in [0.5, 0.6) is 0 Å². The maximum absolute atomic E-state index is 4.75. The van der Waals surface area contributed by atoms with E-state index in [9.17, 15) is 0 Å². The van der Waals surface area contributed by atoms with Gasteiger partial charge in [-0.3, -0.25) is 4.98 Å². The Morgan fingerprint density at radius 2 is 2.15 bits per heavy atom. The first kappa shape index (κ1) is 13.6. The van der Waals surface area contributed by atoms with Gasteiger partial charge in [0.25, 0.3) is 0 Å². The van der Waals surface area contributed by atoms with Crippen molar-refractivity contribution < 1.29 is 0 Å². The summed E-state index contributed by atoms with van der Waals surface area (Å²) in [7, 11) is 0. The molecule has 0 aliphatic carbocycles. The molecule has 1 fully saturated rings. The molecule has 0 amide bonds. The fraction of sp³-hybridized carbons (Fsp3) is 0.500. The van der Waals surface area contributed by atoms with E-state index in [1.54, 1.807) is 0 Å². The number of piperidine rings is 1. The Hall–Kier alpha value is -1.41. The van der Waals surface area contributed by atoms with Gasteiger partial charge in [-0.1, -0.05) is 19.1 Å². The molecule has 2 heteroatoms. The molecule has 1 aliphatic heterocycles. The van der Waals surface area contributed by atoms with Gasteiger partial charge in [-0.2, -0.15) is 0 Å². The van der Waals surface area contributed by atoms with Gasteiger partial charge >= 0.3 is 0 Å². The fourth-order valence-electron chi connectivity index (χ4n) is 3.41. The molecular weight excluding hydrogens is 244 g/mol. The highest BCUT2D eigenvalue weighted by Gasteiger charge is 2.22. The minimum absolute atomic E-state index is 0.641. The molecule has 1 aromatic carbocycles. The van der Waals surface area contributed by atoms with Crippen LogP contribution in [0.15, 0.2) is 24.4 Å². The smallest absolute Gasteiger partial charge is 0.0740 e. The van der Waals surface area contributed by atoms with Gasteiger partial charge in [0, 0.05) is 18.1 Å². The predicted octanol–water partition coefficient (Wildman–Crippen LogP) is 4.05. The molecule has 1 aromatic heterocycles. The molecule has 3 rings (SSSR count). The Morgan fingerprint density at radius 3 is 2.95 bits per heavy atom. The van der Waals surface area contributed by atoms with Crippen molar-refractivity contribution in [1.29, 1.82) is 0 Å². The van der Waals surface area contributed by atoms with Crippen molar-refractivity contribution in [3.63, 3.8) is 0 Å². The van der Waals surface area contributed by atoms with Crippen LogP contribution in [-0.4, -0.2) is 29.5 Å². The average Bonchev–Trinajstić information content (AvgIpc) is 2.48. The third-order valence-electron chi connectivity index (χ3n) is 4.63. The third kappa shape index (κ3) is 2.45. The number of rotatable bonds is 2. The molecule has 1 saturated heterocycles. The van der Waals surface area contributed by atoms with Crippen LogP contribution >= 0.6 is 0 Å². The van der Waals surface area contributed by atoms with Crippen molar-refractivity contribution in [1.82, 2.24) is 9.88 Å². The normalized spacial score (nSPS) is 20.4. The van der Waals surface area contributed by atoms with Crippen molar-refractivity contribution in [2.75, 3.05) is 19.6 Å². The van der Waals surface area contributed by atoms with E-state index in [1.165, 1.54) is 53.5 Å². The molecule has 2 nitrogen and oxygen atoms in total. The molecule has 106 valence electrons. The summed E-state index contributed by atoms with van der Waals surface area (Å²) in [6.07, 6.45) is 4.61. The molecule has 0 spiro atoms. The summed E-state index contributed by atoms with van der Waals surface area (Å²) in [5, 5.41) is 1.33. The van der Waals surface area contributed by atoms with Crippen LogP contribution in [0, 0.1) is 13.8 Å². The predicted molar refractivity (Wildman–Crippen MR) is 85.3 cm³/mol. The molecule has 1 unspecified atom stereocenters. The lowest BCUT2D eigenvalue weighted by Gasteiger charge is -2.32. The van der Waals surface area contributed by atoms with Crippen molar-refractivity contribution in [3.8, 4) is 0 Å². The van der Waals surface area contributed by atoms with Gasteiger partial charge in [0.15, 0.2) is 0 Å². The highest BCUT2D eigenvalue weighted by molar-refractivity contribution is 5.85. The molecule has 0 radical (unpaired) electrons. The van der Waals surface area contributed by atoms with E-state index in [4.69, 9.17) is 4.98 Å². The van der Waals surface area contributed by atoms with Crippen LogP contribution in [0.2, 0.25) is 0 Å². The number of hydrogen-bond donors (Lipinski definition) is 0. The van der Waals surface area contributed by atoms with E-state index < -0.39 is 0 Å². The summed E-state index contributed by atoms with van der Waals surface area (Å²) in [6.45, 7) is 10.2. The zero-order chi connectivity index (χ0) is 14.1. The van der Waals surface area contributed by atoms with Crippen LogP contribution < -0.4 is 0 Å². The number of likely N-dealkylation sites (tertiary alicyclic amines) is 1. The van der Waals surface area contributed by atoms with Gasteiger partial charge < -0.3 is 4.90 Å². The molecule has 20 heavy (non-hydrogen) atoms. The second kappa shape index (κ2) is 5.53. The van der Waals surface area contributed by atoms with E-state index in [1.807, 2.05) is 6.20 Å². The number of fused-ring (bicyclic) bond motifs is 1. The highest BCUT2D eigenvalue weighted by Crippen LogP contribution is 2.32. The monoisotopic (exact) mass is 268 g/mol. The number of benzene rings is 1. The largest absolute Gasteiger partial charge is 0.303 e. The minimum atomic E-state index is 0.641. The van der Waals surface area contributed by atoms with Gasteiger partial charge in [-0.25, -0.2) is 0 Å².